The van der Waals surface area contributed by atoms with Crippen LogP contribution in [0.1, 0.15) is 16.8 Å². The zero-order valence-electron chi connectivity index (χ0n) is 7.20. The maximum atomic E-state index is 13.0. The first kappa shape index (κ1) is 10.2. The number of rotatable bonds is 4. The SMILES string of the molecule is O=CC(=O)CC(=O)c1ccccc1F. The fourth-order valence-electron chi connectivity index (χ4n) is 0.982. The fourth-order valence-corrected chi connectivity index (χ4v) is 0.982. The van der Waals surface area contributed by atoms with Crippen LogP contribution in [0.3, 0.4) is 0 Å². The van der Waals surface area contributed by atoms with E-state index in [1.165, 1.54) is 18.2 Å². The lowest BCUT2D eigenvalue weighted by Crippen LogP contribution is -2.10. The standard InChI is InChI=1S/C10H7FO3/c11-9-4-2-1-3-8(9)10(14)5-7(13)6-12/h1-4,6H,5H2. The summed E-state index contributed by atoms with van der Waals surface area (Å²) in [6.45, 7) is 0. The van der Waals surface area contributed by atoms with Crippen LogP contribution in [0.5, 0.6) is 0 Å². The zero-order valence-corrected chi connectivity index (χ0v) is 7.20. The molecule has 0 bridgehead atoms. The van der Waals surface area contributed by atoms with Crippen LogP contribution in [0.4, 0.5) is 4.39 Å². The highest BCUT2D eigenvalue weighted by atomic mass is 19.1. The normalized spacial score (nSPS) is 9.50. The van der Waals surface area contributed by atoms with Gasteiger partial charge in [-0.1, -0.05) is 12.1 Å². The van der Waals surface area contributed by atoms with Gasteiger partial charge >= 0.3 is 0 Å². The molecule has 1 aromatic carbocycles. The topological polar surface area (TPSA) is 51.2 Å². The average Bonchev–Trinajstić information content (AvgIpc) is 2.18. The van der Waals surface area contributed by atoms with E-state index < -0.39 is 23.8 Å². The van der Waals surface area contributed by atoms with Crippen LogP contribution in [0.25, 0.3) is 0 Å². The van der Waals surface area contributed by atoms with Gasteiger partial charge in [-0.2, -0.15) is 0 Å². The summed E-state index contributed by atoms with van der Waals surface area (Å²) in [6, 6.07) is 5.32. The Balaban J connectivity index is 2.85. The van der Waals surface area contributed by atoms with E-state index in [0.29, 0.717) is 0 Å². The van der Waals surface area contributed by atoms with E-state index in [-0.39, 0.29) is 11.8 Å². The molecular formula is C10H7FO3. The summed E-state index contributed by atoms with van der Waals surface area (Å²) in [5.74, 6) is -2.21. The van der Waals surface area contributed by atoms with E-state index in [9.17, 15) is 18.8 Å². The smallest absolute Gasteiger partial charge is 0.202 e. The number of halogens is 1. The predicted octanol–water partition coefficient (Wildman–Crippen LogP) is 1.17. The summed E-state index contributed by atoms with van der Waals surface area (Å²) < 4.78 is 13.0. The highest BCUT2D eigenvalue weighted by molar-refractivity contribution is 6.31. The van der Waals surface area contributed by atoms with E-state index in [1.807, 2.05) is 0 Å². The Kier molecular flexibility index (Phi) is 3.23. The summed E-state index contributed by atoms with van der Waals surface area (Å²) in [4.78, 5) is 31.8. The number of hydrogen-bond donors (Lipinski definition) is 0. The molecule has 0 aliphatic heterocycles. The van der Waals surface area contributed by atoms with Gasteiger partial charge in [-0.3, -0.25) is 14.4 Å². The van der Waals surface area contributed by atoms with Gasteiger partial charge in [0.25, 0.3) is 0 Å². The van der Waals surface area contributed by atoms with Crippen molar-refractivity contribution in [2.45, 2.75) is 6.42 Å². The molecule has 14 heavy (non-hydrogen) atoms. The monoisotopic (exact) mass is 194 g/mol. The van der Waals surface area contributed by atoms with Crippen LogP contribution in [-0.2, 0) is 9.59 Å². The van der Waals surface area contributed by atoms with Crippen molar-refractivity contribution in [2.75, 3.05) is 0 Å². The Morgan fingerprint density at radius 3 is 2.50 bits per heavy atom. The summed E-state index contributed by atoms with van der Waals surface area (Å²) in [5.41, 5.74) is -0.164. The second kappa shape index (κ2) is 4.41. The van der Waals surface area contributed by atoms with Crippen LogP contribution >= 0.6 is 0 Å². The molecule has 0 aromatic heterocycles. The first-order valence-corrected chi connectivity index (χ1v) is 3.91. The maximum absolute atomic E-state index is 13.0. The van der Waals surface area contributed by atoms with E-state index >= 15 is 0 Å². The minimum absolute atomic E-state index is 0.0543. The van der Waals surface area contributed by atoms with Crippen molar-refractivity contribution in [1.29, 1.82) is 0 Å². The molecule has 0 unspecified atom stereocenters. The highest BCUT2D eigenvalue weighted by Crippen LogP contribution is 2.08. The average molecular weight is 194 g/mol. The lowest BCUT2D eigenvalue weighted by molar-refractivity contribution is -0.129. The lowest BCUT2D eigenvalue weighted by Gasteiger charge is -1.98. The minimum Gasteiger partial charge on any atom is -0.295 e. The van der Waals surface area contributed by atoms with E-state index in [4.69, 9.17) is 0 Å². The fraction of sp³-hybridized carbons (Fsp3) is 0.100. The van der Waals surface area contributed by atoms with Gasteiger partial charge in [-0.25, -0.2) is 4.39 Å². The van der Waals surface area contributed by atoms with Crippen molar-refractivity contribution in [2.24, 2.45) is 0 Å². The molecule has 0 heterocycles. The number of ketones is 2. The molecule has 1 rings (SSSR count). The van der Waals surface area contributed by atoms with Gasteiger partial charge in [0.05, 0.1) is 12.0 Å². The summed E-state index contributed by atoms with van der Waals surface area (Å²) in [6.07, 6.45) is -0.525. The minimum atomic E-state index is -0.849. The van der Waals surface area contributed by atoms with Crippen LogP contribution in [-0.4, -0.2) is 17.9 Å². The van der Waals surface area contributed by atoms with Crippen molar-refractivity contribution in [3.8, 4) is 0 Å². The van der Waals surface area contributed by atoms with Gasteiger partial charge in [0, 0.05) is 0 Å². The number of carbonyl (C=O) groups excluding carboxylic acids is 3. The molecule has 0 aliphatic carbocycles. The van der Waals surface area contributed by atoms with Crippen LogP contribution < -0.4 is 0 Å². The van der Waals surface area contributed by atoms with Gasteiger partial charge in [0.2, 0.25) is 5.78 Å². The Morgan fingerprint density at radius 1 is 1.29 bits per heavy atom. The lowest BCUT2D eigenvalue weighted by atomic mass is 10.1. The molecule has 4 heteroatoms. The Hall–Kier alpha value is -1.84. The molecule has 3 nitrogen and oxygen atoms in total. The molecule has 0 spiro atoms. The number of Topliss-reactive ketones (excluding diaryl/α,β-unsaturated/α-hetero) is 2. The third-order valence-electron chi connectivity index (χ3n) is 1.64. The molecule has 0 fully saturated rings. The van der Waals surface area contributed by atoms with E-state index in [2.05, 4.69) is 0 Å². The molecule has 1 aromatic rings. The van der Waals surface area contributed by atoms with Gasteiger partial charge in [0.1, 0.15) is 5.82 Å². The first-order chi connectivity index (χ1) is 6.65. The molecule has 72 valence electrons. The zero-order chi connectivity index (χ0) is 10.6. The van der Waals surface area contributed by atoms with Crippen molar-refractivity contribution in [3.05, 3.63) is 35.6 Å². The molecular weight excluding hydrogens is 187 g/mol. The molecule has 0 saturated carbocycles. The van der Waals surface area contributed by atoms with Crippen molar-refractivity contribution >= 4 is 17.9 Å². The van der Waals surface area contributed by atoms with E-state index in [1.54, 1.807) is 0 Å². The summed E-state index contributed by atoms with van der Waals surface area (Å²) in [5, 5.41) is 0. The van der Waals surface area contributed by atoms with Gasteiger partial charge in [0.15, 0.2) is 12.1 Å². The Labute approximate surface area is 79.5 Å². The molecule has 0 saturated heterocycles. The first-order valence-electron chi connectivity index (χ1n) is 3.91. The number of carbonyl (C=O) groups is 3. The van der Waals surface area contributed by atoms with Crippen LogP contribution in [0.2, 0.25) is 0 Å². The summed E-state index contributed by atoms with van der Waals surface area (Å²) >= 11 is 0. The quantitative estimate of drug-likeness (QED) is 0.313. The van der Waals surface area contributed by atoms with E-state index in [0.717, 1.165) is 6.07 Å². The van der Waals surface area contributed by atoms with Crippen molar-refractivity contribution in [3.63, 3.8) is 0 Å². The number of benzene rings is 1. The second-order valence-corrected chi connectivity index (χ2v) is 2.66. The second-order valence-electron chi connectivity index (χ2n) is 2.66. The maximum Gasteiger partial charge on any atom is 0.202 e. The Bertz CT molecular complexity index is 385. The summed E-state index contributed by atoms with van der Waals surface area (Å²) in [7, 11) is 0. The van der Waals surface area contributed by atoms with Gasteiger partial charge in [-0.05, 0) is 12.1 Å². The van der Waals surface area contributed by atoms with Crippen molar-refractivity contribution in [1.82, 2.24) is 0 Å². The molecule has 0 aliphatic rings. The number of hydrogen-bond acceptors (Lipinski definition) is 3. The van der Waals surface area contributed by atoms with Crippen molar-refractivity contribution < 1.29 is 18.8 Å². The van der Waals surface area contributed by atoms with Gasteiger partial charge < -0.3 is 0 Å². The number of aldehydes is 1. The molecule has 0 amide bonds. The van der Waals surface area contributed by atoms with Gasteiger partial charge in [-0.15, -0.1) is 0 Å². The molecule has 0 radical (unpaired) electrons. The Morgan fingerprint density at radius 2 is 1.93 bits per heavy atom. The third-order valence-corrected chi connectivity index (χ3v) is 1.64. The molecule has 0 atom stereocenters. The predicted molar refractivity (Wildman–Crippen MR) is 46.4 cm³/mol. The molecule has 0 N–H and O–H groups in total. The van der Waals surface area contributed by atoms with Crippen LogP contribution in [0, 0.1) is 5.82 Å². The van der Waals surface area contributed by atoms with Crippen LogP contribution in [0.15, 0.2) is 24.3 Å². The highest BCUT2D eigenvalue weighted by Gasteiger charge is 2.14. The largest absolute Gasteiger partial charge is 0.295 e. The third kappa shape index (κ3) is 2.32.